The number of anilines is 1. The highest BCUT2D eigenvalue weighted by Gasteiger charge is 2.19. The van der Waals surface area contributed by atoms with Crippen molar-refractivity contribution in [2.75, 3.05) is 5.32 Å². The average molecular weight is 313 g/mol. The standard InChI is InChI=1S/C16H19N5O2/c1-10(2)11-8-13(21(4)18-11)16(22)17-12-9-20(3)19-15(12)14-6-5-7-23-14/h5-10H,1-4H3,(H,17,22). The van der Waals surface area contributed by atoms with Crippen molar-refractivity contribution in [2.45, 2.75) is 19.8 Å². The number of hydrogen-bond donors (Lipinski definition) is 1. The topological polar surface area (TPSA) is 77.9 Å². The summed E-state index contributed by atoms with van der Waals surface area (Å²) in [6.07, 6.45) is 3.32. The zero-order valence-electron chi connectivity index (χ0n) is 13.6. The molecule has 0 aliphatic carbocycles. The molecular formula is C16H19N5O2. The third-order valence-electron chi connectivity index (χ3n) is 3.55. The van der Waals surface area contributed by atoms with Crippen molar-refractivity contribution in [3.05, 3.63) is 42.0 Å². The second kappa shape index (κ2) is 5.75. The molecule has 0 spiro atoms. The van der Waals surface area contributed by atoms with Crippen molar-refractivity contribution >= 4 is 11.6 Å². The first-order valence-electron chi connectivity index (χ1n) is 7.38. The number of nitrogens with one attached hydrogen (secondary N) is 1. The lowest BCUT2D eigenvalue weighted by Gasteiger charge is -2.04. The van der Waals surface area contributed by atoms with E-state index in [4.69, 9.17) is 4.42 Å². The summed E-state index contributed by atoms with van der Waals surface area (Å²) in [5, 5.41) is 11.6. The molecule has 1 N–H and O–H groups in total. The lowest BCUT2D eigenvalue weighted by molar-refractivity contribution is 0.101. The summed E-state index contributed by atoms with van der Waals surface area (Å²) in [4.78, 5) is 12.6. The van der Waals surface area contributed by atoms with Crippen LogP contribution in [0.3, 0.4) is 0 Å². The molecule has 3 aromatic heterocycles. The molecule has 3 heterocycles. The quantitative estimate of drug-likeness (QED) is 0.803. The van der Waals surface area contributed by atoms with Crippen molar-refractivity contribution in [3.63, 3.8) is 0 Å². The Labute approximate surface area is 133 Å². The van der Waals surface area contributed by atoms with Crippen LogP contribution in [0.1, 0.15) is 35.9 Å². The molecule has 7 heteroatoms. The van der Waals surface area contributed by atoms with Crippen molar-refractivity contribution in [1.82, 2.24) is 19.6 Å². The molecule has 120 valence electrons. The number of carbonyl (C=O) groups is 1. The fourth-order valence-corrected chi connectivity index (χ4v) is 2.35. The van der Waals surface area contributed by atoms with Crippen LogP contribution in [-0.2, 0) is 14.1 Å². The van der Waals surface area contributed by atoms with E-state index < -0.39 is 0 Å². The van der Waals surface area contributed by atoms with Gasteiger partial charge in [0.15, 0.2) is 11.5 Å². The van der Waals surface area contributed by atoms with Gasteiger partial charge in [-0.1, -0.05) is 13.8 Å². The maximum atomic E-state index is 12.6. The number of carbonyl (C=O) groups excluding carboxylic acids is 1. The molecule has 3 aromatic rings. The lowest BCUT2D eigenvalue weighted by Crippen LogP contribution is -2.16. The first-order valence-corrected chi connectivity index (χ1v) is 7.38. The summed E-state index contributed by atoms with van der Waals surface area (Å²) in [5.41, 5.74) is 2.58. The van der Waals surface area contributed by atoms with Crippen LogP contribution in [0.2, 0.25) is 0 Å². The van der Waals surface area contributed by atoms with Crippen LogP contribution >= 0.6 is 0 Å². The number of aromatic nitrogens is 4. The second-order valence-electron chi connectivity index (χ2n) is 5.73. The summed E-state index contributed by atoms with van der Waals surface area (Å²) >= 11 is 0. The molecule has 0 aromatic carbocycles. The summed E-state index contributed by atoms with van der Waals surface area (Å²) in [6.45, 7) is 4.08. The van der Waals surface area contributed by atoms with E-state index in [1.807, 2.05) is 19.9 Å². The van der Waals surface area contributed by atoms with Crippen molar-refractivity contribution in [1.29, 1.82) is 0 Å². The highest BCUT2D eigenvalue weighted by atomic mass is 16.3. The van der Waals surface area contributed by atoms with E-state index in [-0.39, 0.29) is 11.8 Å². The number of amides is 1. The van der Waals surface area contributed by atoms with Crippen LogP contribution < -0.4 is 5.32 Å². The zero-order valence-corrected chi connectivity index (χ0v) is 13.6. The van der Waals surface area contributed by atoms with Crippen molar-refractivity contribution < 1.29 is 9.21 Å². The largest absolute Gasteiger partial charge is 0.463 e. The Morgan fingerprint density at radius 3 is 2.70 bits per heavy atom. The van der Waals surface area contributed by atoms with Crippen LogP contribution in [0.15, 0.2) is 35.1 Å². The van der Waals surface area contributed by atoms with Gasteiger partial charge in [-0.15, -0.1) is 0 Å². The van der Waals surface area contributed by atoms with Crippen LogP contribution in [0.5, 0.6) is 0 Å². The highest BCUT2D eigenvalue weighted by Crippen LogP contribution is 2.27. The maximum Gasteiger partial charge on any atom is 0.274 e. The molecule has 0 saturated carbocycles. The summed E-state index contributed by atoms with van der Waals surface area (Å²) < 4.78 is 8.60. The molecule has 0 atom stereocenters. The summed E-state index contributed by atoms with van der Waals surface area (Å²) in [5.74, 6) is 0.640. The van der Waals surface area contributed by atoms with Gasteiger partial charge in [-0.3, -0.25) is 14.2 Å². The first kappa shape index (κ1) is 15.1. The Morgan fingerprint density at radius 2 is 2.09 bits per heavy atom. The van der Waals surface area contributed by atoms with Gasteiger partial charge >= 0.3 is 0 Å². The molecule has 0 radical (unpaired) electrons. The summed E-state index contributed by atoms with van der Waals surface area (Å²) in [6, 6.07) is 5.40. The Kier molecular flexibility index (Phi) is 3.77. The van der Waals surface area contributed by atoms with Gasteiger partial charge in [-0.05, 0) is 24.1 Å². The lowest BCUT2D eigenvalue weighted by atomic mass is 10.1. The molecule has 7 nitrogen and oxygen atoms in total. The van der Waals surface area contributed by atoms with Gasteiger partial charge in [-0.2, -0.15) is 10.2 Å². The van der Waals surface area contributed by atoms with Gasteiger partial charge < -0.3 is 9.73 Å². The maximum absolute atomic E-state index is 12.6. The third kappa shape index (κ3) is 2.90. The fourth-order valence-electron chi connectivity index (χ4n) is 2.35. The monoisotopic (exact) mass is 313 g/mol. The van der Waals surface area contributed by atoms with E-state index in [1.54, 1.807) is 48.1 Å². The van der Waals surface area contributed by atoms with Crippen LogP contribution in [-0.4, -0.2) is 25.5 Å². The minimum Gasteiger partial charge on any atom is -0.463 e. The molecule has 0 aliphatic heterocycles. The van der Waals surface area contributed by atoms with Crippen LogP contribution in [0.4, 0.5) is 5.69 Å². The van der Waals surface area contributed by atoms with Gasteiger partial charge in [0.2, 0.25) is 0 Å². The average Bonchev–Trinajstić information content (AvgIpc) is 3.18. The molecule has 1 amide bonds. The predicted octanol–water partition coefficient (Wildman–Crippen LogP) is 2.79. The Bertz CT molecular complexity index is 827. The summed E-state index contributed by atoms with van der Waals surface area (Å²) in [7, 11) is 3.56. The number of rotatable bonds is 4. The molecule has 0 unspecified atom stereocenters. The first-order chi connectivity index (χ1) is 11.0. The Hall–Kier alpha value is -2.83. The third-order valence-corrected chi connectivity index (χ3v) is 3.55. The van der Waals surface area contributed by atoms with E-state index in [1.165, 1.54) is 0 Å². The molecule has 0 fully saturated rings. The molecular weight excluding hydrogens is 294 g/mol. The molecule has 23 heavy (non-hydrogen) atoms. The van der Waals surface area contributed by atoms with Gasteiger partial charge in [0, 0.05) is 20.3 Å². The molecule has 0 bridgehead atoms. The Balaban J connectivity index is 1.89. The highest BCUT2D eigenvalue weighted by molar-refractivity contribution is 6.04. The molecule has 3 rings (SSSR count). The van der Waals surface area contributed by atoms with E-state index in [9.17, 15) is 4.79 Å². The zero-order chi connectivity index (χ0) is 16.6. The fraction of sp³-hybridized carbons (Fsp3) is 0.312. The normalized spacial score (nSPS) is 11.2. The predicted molar refractivity (Wildman–Crippen MR) is 86.2 cm³/mol. The molecule has 0 saturated heterocycles. The van der Waals surface area contributed by atoms with Gasteiger partial charge in [-0.25, -0.2) is 0 Å². The van der Waals surface area contributed by atoms with Crippen molar-refractivity contribution in [2.24, 2.45) is 14.1 Å². The SMILES string of the molecule is CC(C)c1cc(C(=O)Nc2cn(C)nc2-c2ccco2)n(C)n1. The number of furan rings is 1. The van der Waals surface area contributed by atoms with Crippen molar-refractivity contribution in [3.8, 4) is 11.5 Å². The van der Waals surface area contributed by atoms with E-state index in [0.29, 0.717) is 22.8 Å². The van der Waals surface area contributed by atoms with E-state index in [2.05, 4.69) is 15.5 Å². The molecule has 0 aliphatic rings. The Morgan fingerprint density at radius 1 is 1.30 bits per heavy atom. The van der Waals surface area contributed by atoms with Crippen LogP contribution in [0.25, 0.3) is 11.5 Å². The smallest absolute Gasteiger partial charge is 0.274 e. The number of hydrogen-bond acceptors (Lipinski definition) is 4. The minimum atomic E-state index is -0.229. The number of aryl methyl sites for hydroxylation is 2. The van der Waals surface area contributed by atoms with Gasteiger partial charge in [0.05, 0.1) is 17.6 Å². The van der Waals surface area contributed by atoms with E-state index >= 15 is 0 Å². The van der Waals surface area contributed by atoms with Crippen LogP contribution in [0, 0.1) is 0 Å². The van der Waals surface area contributed by atoms with E-state index in [0.717, 1.165) is 5.69 Å². The number of nitrogens with zero attached hydrogens (tertiary/aromatic N) is 4. The second-order valence-corrected chi connectivity index (χ2v) is 5.73. The van der Waals surface area contributed by atoms with Gasteiger partial charge in [0.1, 0.15) is 5.69 Å². The minimum absolute atomic E-state index is 0.229. The van der Waals surface area contributed by atoms with Gasteiger partial charge in [0.25, 0.3) is 5.91 Å².